The number of amides is 3. The number of imide groups is 1. The average molecular weight is 380 g/mol. The fraction of sp³-hybridized carbons (Fsp3) is 0.526. The van der Waals surface area contributed by atoms with Crippen molar-refractivity contribution in [3.8, 4) is 0 Å². The Bertz CT molecular complexity index is 656. The zero-order chi connectivity index (χ0) is 17.8. The Kier molecular flexibility index (Phi) is 7.17. The Morgan fingerprint density at radius 3 is 2.35 bits per heavy atom. The van der Waals surface area contributed by atoms with E-state index in [2.05, 4.69) is 10.6 Å². The average Bonchev–Trinajstić information content (AvgIpc) is 2.86. The van der Waals surface area contributed by atoms with Gasteiger partial charge in [-0.3, -0.25) is 19.3 Å². The van der Waals surface area contributed by atoms with Crippen molar-refractivity contribution in [2.75, 3.05) is 18.4 Å². The molecule has 3 amide bonds. The lowest BCUT2D eigenvalue weighted by atomic mass is 9.81. The fourth-order valence-corrected chi connectivity index (χ4v) is 3.78. The van der Waals surface area contributed by atoms with Crippen LogP contribution in [-0.2, 0) is 20.9 Å². The van der Waals surface area contributed by atoms with Gasteiger partial charge in [-0.1, -0.05) is 38.0 Å². The predicted molar refractivity (Wildman–Crippen MR) is 102 cm³/mol. The summed E-state index contributed by atoms with van der Waals surface area (Å²) in [5, 5.41) is 6.07. The number of benzene rings is 1. The second-order valence-corrected chi connectivity index (χ2v) is 6.75. The van der Waals surface area contributed by atoms with Crippen molar-refractivity contribution >= 4 is 35.8 Å². The van der Waals surface area contributed by atoms with Crippen molar-refractivity contribution in [2.24, 2.45) is 11.8 Å². The van der Waals surface area contributed by atoms with E-state index in [1.807, 2.05) is 31.2 Å². The summed E-state index contributed by atoms with van der Waals surface area (Å²) in [4.78, 5) is 38.5. The first kappa shape index (κ1) is 20.4. The summed E-state index contributed by atoms with van der Waals surface area (Å²) < 4.78 is 0. The molecule has 0 aromatic heterocycles. The van der Waals surface area contributed by atoms with Crippen molar-refractivity contribution in [3.05, 3.63) is 29.8 Å². The van der Waals surface area contributed by atoms with Gasteiger partial charge in [-0.15, -0.1) is 12.4 Å². The molecule has 1 aromatic carbocycles. The lowest BCUT2D eigenvalue weighted by molar-refractivity contribution is -0.142. The number of nitrogens with one attached hydrogen (secondary N) is 2. The molecule has 2 atom stereocenters. The van der Waals surface area contributed by atoms with Crippen LogP contribution in [0.2, 0.25) is 0 Å². The van der Waals surface area contributed by atoms with E-state index < -0.39 is 0 Å². The maximum absolute atomic E-state index is 12.5. The molecular weight excluding hydrogens is 354 g/mol. The number of carbonyl (C=O) groups is 3. The van der Waals surface area contributed by atoms with Gasteiger partial charge in [0.1, 0.15) is 6.54 Å². The van der Waals surface area contributed by atoms with E-state index in [-0.39, 0.29) is 48.5 Å². The molecular formula is C19H26ClN3O3. The molecule has 0 radical (unpaired) electrons. The third-order valence-corrected chi connectivity index (χ3v) is 5.09. The van der Waals surface area contributed by atoms with Crippen LogP contribution in [0.15, 0.2) is 24.3 Å². The Labute approximate surface area is 160 Å². The summed E-state index contributed by atoms with van der Waals surface area (Å²) in [6.45, 7) is 3.31. The molecule has 0 bridgehead atoms. The maximum Gasteiger partial charge on any atom is 0.244 e. The fourth-order valence-electron chi connectivity index (χ4n) is 3.78. The number of rotatable bonds is 6. The van der Waals surface area contributed by atoms with Crippen LogP contribution in [-0.4, -0.2) is 35.7 Å². The van der Waals surface area contributed by atoms with Crippen LogP contribution in [0.4, 0.5) is 5.69 Å². The molecule has 26 heavy (non-hydrogen) atoms. The van der Waals surface area contributed by atoms with Crippen molar-refractivity contribution in [3.63, 3.8) is 0 Å². The minimum absolute atomic E-state index is 0. The molecule has 1 aliphatic carbocycles. The van der Waals surface area contributed by atoms with Crippen molar-refractivity contribution in [2.45, 2.75) is 39.2 Å². The van der Waals surface area contributed by atoms with Crippen LogP contribution in [0.25, 0.3) is 0 Å². The molecule has 1 saturated carbocycles. The van der Waals surface area contributed by atoms with Gasteiger partial charge in [0.2, 0.25) is 17.7 Å². The topological polar surface area (TPSA) is 78.5 Å². The van der Waals surface area contributed by atoms with Crippen LogP contribution < -0.4 is 10.6 Å². The maximum atomic E-state index is 12.5. The molecule has 0 spiro atoms. The second kappa shape index (κ2) is 9.14. The largest absolute Gasteiger partial charge is 0.324 e. The standard InChI is InChI=1S/C19H25N3O3.ClH/c1-2-20-11-13-7-3-6-10-16(13)21-17(23)12-22-18(24)14-8-4-5-9-15(14)19(22)25;/h3,6-7,10,14-15,20H,2,4-5,8-9,11-12H2,1H3,(H,21,23);1H. The van der Waals surface area contributed by atoms with Crippen LogP contribution >= 0.6 is 12.4 Å². The van der Waals surface area contributed by atoms with E-state index in [1.165, 1.54) is 0 Å². The van der Waals surface area contributed by atoms with Crippen LogP contribution in [0, 0.1) is 11.8 Å². The Morgan fingerprint density at radius 2 is 1.73 bits per heavy atom. The molecule has 2 aliphatic rings. The zero-order valence-electron chi connectivity index (χ0n) is 15.0. The van der Waals surface area contributed by atoms with E-state index in [1.54, 1.807) is 0 Å². The van der Waals surface area contributed by atoms with E-state index >= 15 is 0 Å². The molecule has 6 nitrogen and oxygen atoms in total. The minimum Gasteiger partial charge on any atom is -0.324 e. The Balaban J connectivity index is 0.00000243. The number of likely N-dealkylation sites (tertiary alicyclic amines) is 1. The molecule has 1 aromatic rings. The number of carbonyl (C=O) groups excluding carboxylic acids is 3. The van der Waals surface area contributed by atoms with Crippen LogP contribution in [0.5, 0.6) is 0 Å². The summed E-state index contributed by atoms with van der Waals surface area (Å²) in [5.74, 6) is -1.11. The van der Waals surface area contributed by atoms with E-state index in [4.69, 9.17) is 0 Å². The third kappa shape index (κ3) is 4.24. The highest BCUT2D eigenvalue weighted by atomic mass is 35.5. The van der Waals surface area contributed by atoms with Gasteiger partial charge in [0.15, 0.2) is 0 Å². The number of anilines is 1. The third-order valence-electron chi connectivity index (χ3n) is 5.09. The molecule has 1 heterocycles. The Hall–Kier alpha value is -1.92. The molecule has 142 valence electrons. The Morgan fingerprint density at radius 1 is 1.12 bits per heavy atom. The number of nitrogens with zero attached hydrogens (tertiary/aromatic N) is 1. The summed E-state index contributed by atoms with van der Waals surface area (Å²) in [6, 6.07) is 7.54. The van der Waals surface area contributed by atoms with Gasteiger partial charge in [0.05, 0.1) is 11.8 Å². The van der Waals surface area contributed by atoms with Gasteiger partial charge >= 0.3 is 0 Å². The molecule has 2 unspecified atom stereocenters. The lowest BCUT2D eigenvalue weighted by Crippen LogP contribution is -2.38. The minimum atomic E-state index is -0.329. The number of hydrogen-bond donors (Lipinski definition) is 2. The highest BCUT2D eigenvalue weighted by Gasteiger charge is 2.48. The smallest absolute Gasteiger partial charge is 0.244 e. The molecule has 3 rings (SSSR count). The van der Waals surface area contributed by atoms with E-state index in [0.29, 0.717) is 12.2 Å². The number of hydrogen-bond acceptors (Lipinski definition) is 4. The van der Waals surface area contributed by atoms with Crippen LogP contribution in [0.1, 0.15) is 38.2 Å². The summed E-state index contributed by atoms with van der Waals surface area (Å²) in [7, 11) is 0. The summed E-state index contributed by atoms with van der Waals surface area (Å²) in [6.07, 6.45) is 3.49. The van der Waals surface area contributed by atoms with E-state index in [0.717, 1.165) is 42.7 Å². The van der Waals surface area contributed by atoms with Crippen molar-refractivity contribution in [1.29, 1.82) is 0 Å². The molecule has 2 fully saturated rings. The van der Waals surface area contributed by atoms with Gasteiger partial charge < -0.3 is 10.6 Å². The van der Waals surface area contributed by atoms with Crippen molar-refractivity contribution in [1.82, 2.24) is 10.2 Å². The molecule has 2 N–H and O–H groups in total. The van der Waals surface area contributed by atoms with Gasteiger partial charge in [-0.25, -0.2) is 0 Å². The van der Waals surface area contributed by atoms with Gasteiger partial charge in [0, 0.05) is 12.2 Å². The van der Waals surface area contributed by atoms with Gasteiger partial charge in [0.25, 0.3) is 0 Å². The SMILES string of the molecule is CCNCc1ccccc1NC(=O)CN1C(=O)C2CCCCC2C1=O.Cl. The van der Waals surface area contributed by atoms with E-state index in [9.17, 15) is 14.4 Å². The predicted octanol–water partition coefficient (Wildman–Crippen LogP) is 2.33. The molecule has 1 aliphatic heterocycles. The van der Waals surface area contributed by atoms with Gasteiger partial charge in [-0.2, -0.15) is 0 Å². The first-order valence-corrected chi connectivity index (χ1v) is 9.05. The first-order valence-electron chi connectivity index (χ1n) is 9.05. The lowest BCUT2D eigenvalue weighted by Gasteiger charge is -2.19. The second-order valence-electron chi connectivity index (χ2n) is 6.75. The first-order chi connectivity index (χ1) is 12.1. The summed E-state index contributed by atoms with van der Waals surface area (Å²) >= 11 is 0. The molecule has 7 heteroatoms. The monoisotopic (exact) mass is 379 g/mol. The summed E-state index contributed by atoms with van der Waals surface area (Å²) in [5.41, 5.74) is 1.69. The number of fused-ring (bicyclic) bond motifs is 1. The number of para-hydroxylation sites is 1. The highest BCUT2D eigenvalue weighted by Crippen LogP contribution is 2.37. The zero-order valence-corrected chi connectivity index (χ0v) is 15.8. The number of halogens is 1. The highest BCUT2D eigenvalue weighted by molar-refractivity contribution is 6.08. The van der Waals surface area contributed by atoms with Crippen LogP contribution in [0.3, 0.4) is 0 Å². The quantitative estimate of drug-likeness (QED) is 0.743. The van der Waals surface area contributed by atoms with Crippen molar-refractivity contribution < 1.29 is 14.4 Å². The normalized spacial score (nSPS) is 22.0. The molecule has 1 saturated heterocycles. The van der Waals surface area contributed by atoms with Gasteiger partial charge in [-0.05, 0) is 31.0 Å².